The van der Waals surface area contributed by atoms with Crippen molar-refractivity contribution in [2.24, 2.45) is 0 Å². The van der Waals surface area contributed by atoms with Gasteiger partial charge < -0.3 is 5.32 Å². The molecule has 7 heteroatoms. The molecule has 3 rings (SSSR count). The molecule has 1 amide bonds. The summed E-state index contributed by atoms with van der Waals surface area (Å²) >= 11 is 0. The first kappa shape index (κ1) is 22.5. The average Bonchev–Trinajstić information content (AvgIpc) is 2.73. The maximum Gasteiger partial charge on any atom is 0.264 e. The maximum absolute atomic E-state index is 13.4. The van der Waals surface area contributed by atoms with Crippen LogP contribution >= 0.6 is 0 Å². The van der Waals surface area contributed by atoms with Gasteiger partial charge in [-0.05, 0) is 62.7 Å². The van der Waals surface area contributed by atoms with E-state index in [4.69, 9.17) is 0 Å². The predicted octanol–water partition coefficient (Wildman–Crippen LogP) is 4.52. The van der Waals surface area contributed by atoms with E-state index in [1.54, 1.807) is 12.1 Å². The van der Waals surface area contributed by atoms with E-state index in [9.17, 15) is 17.6 Å². The summed E-state index contributed by atoms with van der Waals surface area (Å²) in [4.78, 5) is 12.8. The molecule has 0 bridgehead atoms. The van der Waals surface area contributed by atoms with Crippen molar-refractivity contribution in [1.29, 1.82) is 0 Å². The first-order valence-corrected chi connectivity index (χ1v) is 11.3. The summed E-state index contributed by atoms with van der Waals surface area (Å²) in [5.41, 5.74) is 3.14. The fourth-order valence-electron chi connectivity index (χ4n) is 3.12. The number of rotatable bonds is 7. The van der Waals surface area contributed by atoms with Crippen molar-refractivity contribution >= 4 is 21.6 Å². The van der Waals surface area contributed by atoms with Gasteiger partial charge in [-0.1, -0.05) is 47.5 Å². The highest BCUT2D eigenvalue weighted by molar-refractivity contribution is 7.92. The van der Waals surface area contributed by atoms with E-state index in [1.165, 1.54) is 36.4 Å². The first-order chi connectivity index (χ1) is 14.7. The molecule has 0 spiro atoms. The van der Waals surface area contributed by atoms with Crippen LogP contribution in [0.3, 0.4) is 0 Å². The molecule has 5 nitrogen and oxygen atoms in total. The van der Waals surface area contributed by atoms with Crippen LogP contribution in [0, 0.1) is 19.7 Å². The second-order valence-electron chi connectivity index (χ2n) is 7.50. The summed E-state index contributed by atoms with van der Waals surface area (Å²) in [5.74, 6) is -0.957. The Kier molecular flexibility index (Phi) is 6.75. The number of anilines is 1. The molecule has 0 aliphatic heterocycles. The molecule has 0 saturated heterocycles. The molecule has 0 fully saturated rings. The van der Waals surface area contributed by atoms with Crippen LogP contribution in [-0.2, 0) is 14.8 Å². The molecule has 1 atom stereocenters. The van der Waals surface area contributed by atoms with Crippen molar-refractivity contribution in [2.75, 3.05) is 10.8 Å². The minimum absolute atomic E-state index is 0.0572. The van der Waals surface area contributed by atoms with Crippen LogP contribution in [0.25, 0.3) is 0 Å². The molecule has 0 aliphatic rings. The Labute approximate surface area is 182 Å². The molecule has 3 aromatic carbocycles. The number of sulfonamides is 1. The molecule has 3 aromatic rings. The van der Waals surface area contributed by atoms with Crippen molar-refractivity contribution in [3.63, 3.8) is 0 Å². The summed E-state index contributed by atoms with van der Waals surface area (Å²) in [6, 6.07) is 18.8. The van der Waals surface area contributed by atoms with Crippen LogP contribution in [0.2, 0.25) is 0 Å². The van der Waals surface area contributed by atoms with Gasteiger partial charge >= 0.3 is 0 Å². The van der Waals surface area contributed by atoms with E-state index >= 15 is 0 Å². The molecule has 0 heterocycles. The fourth-order valence-corrected chi connectivity index (χ4v) is 4.54. The normalized spacial score (nSPS) is 12.3. The summed E-state index contributed by atoms with van der Waals surface area (Å²) in [5, 5.41) is 2.84. The largest absolute Gasteiger partial charge is 0.348 e. The predicted molar refractivity (Wildman–Crippen MR) is 120 cm³/mol. The number of nitrogens with one attached hydrogen (secondary N) is 1. The number of nitrogens with zero attached hydrogens (tertiary/aromatic N) is 1. The maximum atomic E-state index is 13.4. The van der Waals surface area contributed by atoms with E-state index in [-0.39, 0.29) is 16.6 Å². The second kappa shape index (κ2) is 9.31. The van der Waals surface area contributed by atoms with E-state index in [1.807, 2.05) is 45.0 Å². The number of aryl methyl sites for hydroxylation is 2. The van der Waals surface area contributed by atoms with Gasteiger partial charge in [-0.15, -0.1) is 0 Å². The standard InChI is InChI=1S/C24H25FN2O3S/c1-17-4-8-20(9-5-17)19(3)26-24(28)16-27(22-12-10-21(25)11-13-22)31(29,30)23-14-6-18(2)7-15-23/h4-15,19H,16H2,1-3H3,(H,26,28)/t19-/m1/s1. The molecule has 0 aliphatic carbocycles. The zero-order valence-electron chi connectivity index (χ0n) is 17.7. The highest BCUT2D eigenvalue weighted by atomic mass is 32.2. The first-order valence-electron chi connectivity index (χ1n) is 9.88. The monoisotopic (exact) mass is 440 g/mol. The SMILES string of the molecule is Cc1ccc([C@@H](C)NC(=O)CN(c2ccc(F)cc2)S(=O)(=O)c2ccc(C)cc2)cc1. The van der Waals surface area contributed by atoms with E-state index < -0.39 is 28.3 Å². The molecule has 31 heavy (non-hydrogen) atoms. The van der Waals surface area contributed by atoms with Gasteiger partial charge in [-0.25, -0.2) is 12.8 Å². The lowest BCUT2D eigenvalue weighted by molar-refractivity contribution is -0.120. The van der Waals surface area contributed by atoms with Crippen LogP contribution in [0.4, 0.5) is 10.1 Å². The Morgan fingerprint density at radius 2 is 1.42 bits per heavy atom. The number of carbonyl (C=O) groups excluding carboxylic acids is 1. The summed E-state index contributed by atoms with van der Waals surface area (Å²) in [6.45, 7) is 5.23. The second-order valence-corrected chi connectivity index (χ2v) is 9.36. The third-order valence-corrected chi connectivity index (χ3v) is 6.75. The van der Waals surface area contributed by atoms with Gasteiger partial charge in [-0.3, -0.25) is 9.10 Å². The average molecular weight is 441 g/mol. The molecule has 1 N–H and O–H groups in total. The Morgan fingerprint density at radius 1 is 0.903 bits per heavy atom. The molecular formula is C24H25FN2O3S. The Balaban J connectivity index is 1.87. The fraction of sp³-hybridized carbons (Fsp3) is 0.208. The summed E-state index contributed by atoms with van der Waals surface area (Å²) in [6.07, 6.45) is 0. The van der Waals surface area contributed by atoms with Crippen molar-refractivity contribution < 1.29 is 17.6 Å². The number of hydrogen-bond acceptors (Lipinski definition) is 3. The Morgan fingerprint density at radius 3 is 1.97 bits per heavy atom. The molecule has 0 radical (unpaired) electrons. The van der Waals surface area contributed by atoms with Crippen molar-refractivity contribution in [3.05, 3.63) is 95.3 Å². The molecular weight excluding hydrogens is 415 g/mol. The Hall–Kier alpha value is -3.19. The van der Waals surface area contributed by atoms with Crippen LogP contribution < -0.4 is 9.62 Å². The minimum atomic E-state index is -4.03. The number of amides is 1. The molecule has 162 valence electrons. The lowest BCUT2D eigenvalue weighted by Gasteiger charge is -2.25. The van der Waals surface area contributed by atoms with E-state index in [0.29, 0.717) is 0 Å². The van der Waals surface area contributed by atoms with Gasteiger partial charge in [0.25, 0.3) is 10.0 Å². The summed E-state index contributed by atoms with van der Waals surface area (Å²) < 4.78 is 41.0. The highest BCUT2D eigenvalue weighted by Gasteiger charge is 2.27. The van der Waals surface area contributed by atoms with E-state index in [2.05, 4.69) is 5.32 Å². The number of halogens is 1. The lowest BCUT2D eigenvalue weighted by Crippen LogP contribution is -2.41. The van der Waals surface area contributed by atoms with Gasteiger partial charge in [0.2, 0.25) is 5.91 Å². The van der Waals surface area contributed by atoms with Gasteiger partial charge in [-0.2, -0.15) is 0 Å². The third-order valence-electron chi connectivity index (χ3n) is 4.97. The topological polar surface area (TPSA) is 66.5 Å². The Bertz CT molecular complexity index is 1140. The molecule has 0 unspecified atom stereocenters. The van der Waals surface area contributed by atoms with Gasteiger partial charge in [0.1, 0.15) is 12.4 Å². The quantitative estimate of drug-likeness (QED) is 0.588. The van der Waals surface area contributed by atoms with E-state index in [0.717, 1.165) is 21.0 Å². The number of carbonyl (C=O) groups is 1. The van der Waals surface area contributed by atoms with Crippen molar-refractivity contribution in [2.45, 2.75) is 31.7 Å². The van der Waals surface area contributed by atoms with Gasteiger partial charge in [0, 0.05) is 0 Å². The number of benzene rings is 3. The third kappa shape index (κ3) is 5.49. The zero-order chi connectivity index (χ0) is 22.6. The minimum Gasteiger partial charge on any atom is -0.348 e. The van der Waals surface area contributed by atoms with Crippen molar-refractivity contribution in [1.82, 2.24) is 5.32 Å². The van der Waals surface area contributed by atoms with Crippen LogP contribution in [-0.4, -0.2) is 20.9 Å². The lowest BCUT2D eigenvalue weighted by atomic mass is 10.1. The highest BCUT2D eigenvalue weighted by Crippen LogP contribution is 2.24. The van der Waals surface area contributed by atoms with Crippen LogP contribution in [0.15, 0.2) is 77.7 Å². The number of hydrogen-bond donors (Lipinski definition) is 1. The molecule has 0 saturated carbocycles. The van der Waals surface area contributed by atoms with Crippen LogP contribution in [0.5, 0.6) is 0 Å². The van der Waals surface area contributed by atoms with Gasteiger partial charge in [0.15, 0.2) is 0 Å². The smallest absolute Gasteiger partial charge is 0.264 e. The summed E-state index contributed by atoms with van der Waals surface area (Å²) in [7, 11) is -4.03. The van der Waals surface area contributed by atoms with Crippen LogP contribution in [0.1, 0.15) is 29.7 Å². The van der Waals surface area contributed by atoms with Crippen molar-refractivity contribution in [3.8, 4) is 0 Å². The zero-order valence-corrected chi connectivity index (χ0v) is 18.5. The van der Waals surface area contributed by atoms with Gasteiger partial charge in [0.05, 0.1) is 16.6 Å². The molecule has 0 aromatic heterocycles.